The van der Waals surface area contributed by atoms with E-state index in [-0.39, 0.29) is 18.4 Å². The van der Waals surface area contributed by atoms with Crippen LogP contribution in [0, 0.1) is 12.8 Å². The molecule has 3 heterocycles. The molecule has 1 atom stereocenters. The highest BCUT2D eigenvalue weighted by molar-refractivity contribution is 7.91. The third-order valence-electron chi connectivity index (χ3n) is 4.32. The summed E-state index contributed by atoms with van der Waals surface area (Å²) in [4.78, 5) is 14.6. The summed E-state index contributed by atoms with van der Waals surface area (Å²) >= 11 is 2.96. The largest absolute Gasteiger partial charge is 0.355 e. The summed E-state index contributed by atoms with van der Waals surface area (Å²) in [5.74, 6) is -0.313. The second-order valence-electron chi connectivity index (χ2n) is 6.19. The van der Waals surface area contributed by atoms with Gasteiger partial charge in [-0.05, 0) is 49.8 Å². The summed E-state index contributed by atoms with van der Waals surface area (Å²) in [6.07, 6.45) is 2.26. The lowest BCUT2D eigenvalue weighted by atomic mass is 9.99. The first-order chi connectivity index (χ1) is 12.0. The maximum atomic E-state index is 12.7. The maximum absolute atomic E-state index is 12.7. The molecule has 8 heteroatoms. The Bertz CT molecular complexity index is 812. The van der Waals surface area contributed by atoms with Gasteiger partial charge in [-0.25, -0.2) is 8.42 Å². The number of hydrogen-bond acceptors (Lipinski definition) is 5. The highest BCUT2D eigenvalue weighted by Gasteiger charge is 2.33. The molecule has 2 aromatic heterocycles. The van der Waals surface area contributed by atoms with Crippen molar-refractivity contribution in [2.75, 3.05) is 19.6 Å². The average Bonchev–Trinajstić information content (AvgIpc) is 3.27. The van der Waals surface area contributed by atoms with Crippen LogP contribution in [-0.2, 0) is 21.2 Å². The van der Waals surface area contributed by atoms with Crippen molar-refractivity contribution < 1.29 is 13.2 Å². The molecular formula is C17H22N2O3S3. The number of aryl methyl sites for hydroxylation is 1. The molecule has 0 aliphatic carbocycles. The van der Waals surface area contributed by atoms with Crippen molar-refractivity contribution in [3.8, 4) is 0 Å². The molecule has 1 amide bonds. The Kier molecular flexibility index (Phi) is 5.93. The Hall–Kier alpha value is -1.22. The van der Waals surface area contributed by atoms with Crippen LogP contribution in [0.25, 0.3) is 0 Å². The van der Waals surface area contributed by atoms with Gasteiger partial charge in [0.05, 0.1) is 5.92 Å². The SMILES string of the molecule is Cc1ccc(S(=O)(=O)N2CCC[C@@H](C(=O)NCCc3cccs3)C2)s1. The van der Waals surface area contributed by atoms with E-state index in [0.717, 1.165) is 17.7 Å². The summed E-state index contributed by atoms with van der Waals surface area (Å²) in [7, 11) is -3.49. The molecule has 0 saturated carbocycles. The molecule has 0 spiro atoms. The van der Waals surface area contributed by atoms with Crippen molar-refractivity contribution in [2.45, 2.75) is 30.4 Å². The predicted molar refractivity (Wildman–Crippen MR) is 102 cm³/mol. The van der Waals surface area contributed by atoms with Crippen molar-refractivity contribution in [1.82, 2.24) is 9.62 Å². The highest BCUT2D eigenvalue weighted by atomic mass is 32.2. The normalized spacial score (nSPS) is 19.0. The number of thiophene rings is 2. The van der Waals surface area contributed by atoms with Gasteiger partial charge in [-0.15, -0.1) is 22.7 Å². The van der Waals surface area contributed by atoms with E-state index in [1.807, 2.05) is 24.4 Å². The number of piperidine rings is 1. The lowest BCUT2D eigenvalue weighted by molar-refractivity contribution is -0.126. The number of nitrogens with zero attached hydrogens (tertiary/aromatic N) is 1. The van der Waals surface area contributed by atoms with Crippen LogP contribution in [-0.4, -0.2) is 38.3 Å². The van der Waals surface area contributed by atoms with E-state index in [1.54, 1.807) is 17.4 Å². The van der Waals surface area contributed by atoms with Crippen LogP contribution in [0.2, 0.25) is 0 Å². The first-order valence-electron chi connectivity index (χ1n) is 8.33. The van der Waals surface area contributed by atoms with Gasteiger partial charge in [-0.2, -0.15) is 4.31 Å². The number of rotatable bonds is 6. The maximum Gasteiger partial charge on any atom is 0.252 e. The van der Waals surface area contributed by atoms with E-state index in [9.17, 15) is 13.2 Å². The second-order valence-corrected chi connectivity index (χ2v) is 10.7. The topological polar surface area (TPSA) is 66.5 Å². The minimum atomic E-state index is -3.49. The highest BCUT2D eigenvalue weighted by Crippen LogP contribution is 2.28. The summed E-state index contributed by atoms with van der Waals surface area (Å²) in [6, 6.07) is 7.52. The van der Waals surface area contributed by atoms with Crippen molar-refractivity contribution in [3.05, 3.63) is 39.4 Å². The van der Waals surface area contributed by atoms with Gasteiger partial charge in [0.2, 0.25) is 5.91 Å². The fourth-order valence-electron chi connectivity index (χ4n) is 2.96. The van der Waals surface area contributed by atoms with Crippen LogP contribution >= 0.6 is 22.7 Å². The first kappa shape index (κ1) is 18.6. The van der Waals surface area contributed by atoms with Gasteiger partial charge in [0.1, 0.15) is 4.21 Å². The van der Waals surface area contributed by atoms with E-state index in [4.69, 9.17) is 0 Å². The summed E-state index contributed by atoms with van der Waals surface area (Å²) < 4.78 is 27.3. The molecule has 1 N–H and O–H groups in total. The second kappa shape index (κ2) is 7.99. The van der Waals surface area contributed by atoms with Crippen molar-refractivity contribution >= 4 is 38.6 Å². The number of amides is 1. The fourth-order valence-corrected chi connectivity index (χ4v) is 6.63. The molecule has 2 aromatic rings. The molecule has 1 aliphatic rings. The zero-order valence-corrected chi connectivity index (χ0v) is 16.6. The van der Waals surface area contributed by atoms with Gasteiger partial charge < -0.3 is 5.32 Å². The lowest BCUT2D eigenvalue weighted by Gasteiger charge is -2.30. The third kappa shape index (κ3) is 4.49. The molecule has 0 radical (unpaired) electrons. The van der Waals surface area contributed by atoms with E-state index >= 15 is 0 Å². The van der Waals surface area contributed by atoms with Gasteiger partial charge >= 0.3 is 0 Å². The summed E-state index contributed by atoms with van der Waals surface area (Å²) in [6.45, 7) is 3.23. The lowest BCUT2D eigenvalue weighted by Crippen LogP contribution is -2.45. The van der Waals surface area contributed by atoms with E-state index in [1.165, 1.54) is 20.5 Å². The predicted octanol–water partition coefficient (Wildman–Crippen LogP) is 2.88. The molecule has 1 aliphatic heterocycles. The molecule has 136 valence electrons. The van der Waals surface area contributed by atoms with Crippen molar-refractivity contribution in [3.63, 3.8) is 0 Å². The number of carbonyl (C=O) groups excluding carboxylic acids is 1. The minimum absolute atomic E-state index is 0.0428. The molecular weight excluding hydrogens is 376 g/mol. The van der Waals surface area contributed by atoms with Gasteiger partial charge in [0, 0.05) is 29.4 Å². The zero-order valence-electron chi connectivity index (χ0n) is 14.1. The van der Waals surface area contributed by atoms with E-state index in [0.29, 0.717) is 23.7 Å². The Balaban J connectivity index is 1.57. The van der Waals surface area contributed by atoms with Crippen LogP contribution < -0.4 is 5.32 Å². The van der Waals surface area contributed by atoms with Crippen LogP contribution in [0.4, 0.5) is 0 Å². The Morgan fingerprint density at radius 3 is 2.88 bits per heavy atom. The van der Waals surface area contributed by atoms with Crippen LogP contribution in [0.15, 0.2) is 33.9 Å². The van der Waals surface area contributed by atoms with Crippen molar-refractivity contribution in [1.29, 1.82) is 0 Å². The summed E-state index contributed by atoms with van der Waals surface area (Å²) in [5, 5.41) is 4.98. The minimum Gasteiger partial charge on any atom is -0.355 e. The Morgan fingerprint density at radius 1 is 1.36 bits per heavy atom. The third-order valence-corrected chi connectivity index (χ3v) is 8.58. The molecule has 25 heavy (non-hydrogen) atoms. The number of hydrogen-bond donors (Lipinski definition) is 1. The average molecular weight is 399 g/mol. The number of nitrogens with one attached hydrogen (secondary N) is 1. The van der Waals surface area contributed by atoms with Crippen LogP contribution in [0.5, 0.6) is 0 Å². The number of sulfonamides is 1. The van der Waals surface area contributed by atoms with Gasteiger partial charge in [0.25, 0.3) is 10.0 Å². The molecule has 1 saturated heterocycles. The summed E-state index contributed by atoms with van der Waals surface area (Å²) in [5.41, 5.74) is 0. The molecule has 3 rings (SSSR count). The van der Waals surface area contributed by atoms with Gasteiger partial charge in [-0.3, -0.25) is 4.79 Å². The Labute approximate surface area is 156 Å². The quantitative estimate of drug-likeness (QED) is 0.814. The van der Waals surface area contributed by atoms with E-state index < -0.39 is 10.0 Å². The number of carbonyl (C=O) groups is 1. The molecule has 0 bridgehead atoms. The molecule has 5 nitrogen and oxygen atoms in total. The molecule has 1 fully saturated rings. The van der Waals surface area contributed by atoms with Gasteiger partial charge in [0.15, 0.2) is 0 Å². The van der Waals surface area contributed by atoms with E-state index in [2.05, 4.69) is 11.4 Å². The molecule has 0 aromatic carbocycles. The zero-order chi connectivity index (χ0) is 17.9. The van der Waals surface area contributed by atoms with Crippen molar-refractivity contribution in [2.24, 2.45) is 5.92 Å². The molecule has 0 unspecified atom stereocenters. The standard InChI is InChI=1S/C17H22N2O3S3/c1-13-6-7-16(24-13)25(21,22)19-10-2-4-14(12-19)17(20)18-9-8-15-5-3-11-23-15/h3,5-7,11,14H,2,4,8-10,12H2,1H3,(H,18,20)/t14-/m1/s1. The smallest absolute Gasteiger partial charge is 0.252 e. The van der Waals surface area contributed by atoms with Gasteiger partial charge in [-0.1, -0.05) is 6.07 Å². The van der Waals surface area contributed by atoms with Crippen LogP contribution in [0.3, 0.4) is 0 Å². The first-order valence-corrected chi connectivity index (χ1v) is 11.5. The Morgan fingerprint density at radius 2 is 2.20 bits per heavy atom. The fraction of sp³-hybridized carbons (Fsp3) is 0.471. The van der Waals surface area contributed by atoms with Crippen LogP contribution in [0.1, 0.15) is 22.6 Å². The monoisotopic (exact) mass is 398 g/mol.